The van der Waals surface area contributed by atoms with Crippen LogP contribution in [0.4, 0.5) is 18.9 Å². The van der Waals surface area contributed by atoms with E-state index < -0.39 is 11.9 Å². The summed E-state index contributed by atoms with van der Waals surface area (Å²) >= 11 is 0.934. The van der Waals surface area contributed by atoms with E-state index in [1.807, 2.05) is 18.2 Å². The lowest BCUT2D eigenvalue weighted by atomic mass is 10.2. The van der Waals surface area contributed by atoms with Crippen molar-refractivity contribution in [2.75, 3.05) is 12.4 Å². The van der Waals surface area contributed by atoms with E-state index in [2.05, 4.69) is 25.9 Å². The van der Waals surface area contributed by atoms with Crippen LogP contribution in [0.15, 0.2) is 34.6 Å². The number of hydrogen-bond acceptors (Lipinski definition) is 4. The van der Waals surface area contributed by atoms with Crippen molar-refractivity contribution >= 4 is 52.9 Å². The average molecular weight is 513 g/mol. The third-order valence-corrected chi connectivity index (χ3v) is 4.03. The summed E-state index contributed by atoms with van der Waals surface area (Å²) in [5.41, 5.74) is 0.701. The molecule has 0 aliphatic heterocycles. The number of aromatic nitrogens is 1. The molecule has 2 rings (SSSR count). The van der Waals surface area contributed by atoms with Crippen LogP contribution in [-0.4, -0.2) is 23.9 Å². The molecule has 0 unspecified atom stereocenters. The third-order valence-electron chi connectivity index (χ3n) is 3.18. The Balaban J connectivity index is 0.00000364. The van der Waals surface area contributed by atoms with Crippen molar-refractivity contribution in [1.82, 2.24) is 15.6 Å². The lowest BCUT2D eigenvalue weighted by Gasteiger charge is -2.12. The first-order valence-corrected chi connectivity index (χ1v) is 8.48. The van der Waals surface area contributed by atoms with Gasteiger partial charge in [-0.15, -0.1) is 35.3 Å². The molecule has 148 valence electrons. The summed E-state index contributed by atoms with van der Waals surface area (Å²) < 4.78 is 37.6. The van der Waals surface area contributed by atoms with Crippen LogP contribution in [0, 0.1) is 0 Å². The summed E-state index contributed by atoms with van der Waals surface area (Å²) in [5, 5.41) is 9.97. The topological polar surface area (TPSA) is 78.4 Å². The monoisotopic (exact) mass is 513 g/mol. The zero-order valence-corrected chi connectivity index (χ0v) is 17.7. The Morgan fingerprint density at radius 1 is 1.26 bits per heavy atom. The first-order valence-electron chi connectivity index (χ1n) is 7.60. The molecule has 0 fully saturated rings. The second kappa shape index (κ2) is 10.4. The first-order chi connectivity index (χ1) is 12.3. The minimum Gasteiger partial charge on any atom is -0.352 e. The van der Waals surface area contributed by atoms with Gasteiger partial charge in [-0.05, 0) is 17.7 Å². The van der Waals surface area contributed by atoms with Crippen LogP contribution in [0.3, 0.4) is 0 Å². The first kappa shape index (κ1) is 23.1. The van der Waals surface area contributed by atoms with Crippen molar-refractivity contribution in [3.05, 3.63) is 45.9 Å². The summed E-state index contributed by atoms with van der Waals surface area (Å²) in [4.78, 5) is 18.7. The summed E-state index contributed by atoms with van der Waals surface area (Å²) in [6, 6.07) is 7.28. The molecule has 0 saturated carbocycles. The minimum absolute atomic E-state index is 0. The largest absolute Gasteiger partial charge is 0.434 e. The fourth-order valence-electron chi connectivity index (χ4n) is 2.05. The molecule has 27 heavy (non-hydrogen) atoms. The lowest BCUT2D eigenvalue weighted by Crippen LogP contribution is -2.36. The number of carbonyl (C=O) groups excluding carboxylic acids is 1. The number of aliphatic imine (C=N–C) groups is 1. The minimum atomic E-state index is -4.44. The molecule has 1 aromatic carbocycles. The van der Waals surface area contributed by atoms with Gasteiger partial charge in [0.05, 0.1) is 6.54 Å². The predicted molar refractivity (Wildman–Crippen MR) is 110 cm³/mol. The smallest absolute Gasteiger partial charge is 0.352 e. The van der Waals surface area contributed by atoms with Gasteiger partial charge >= 0.3 is 6.18 Å². The standard InChI is InChI=1S/C16H18F3N5OS.HI/c1-10(25)23-12-5-3-4-11(6-12)7-21-15(20-2)22-8-14-24-13(9-26-14)16(17,18)19;/h3-6,9H,7-8H2,1-2H3,(H,23,25)(H2,20,21,22);1H. The van der Waals surface area contributed by atoms with E-state index in [1.54, 1.807) is 13.1 Å². The van der Waals surface area contributed by atoms with E-state index in [1.165, 1.54) is 6.92 Å². The number of carbonyl (C=O) groups is 1. The second-order valence-electron chi connectivity index (χ2n) is 5.29. The number of hydrogen-bond donors (Lipinski definition) is 3. The quantitative estimate of drug-likeness (QED) is 0.325. The predicted octanol–water partition coefficient (Wildman–Crippen LogP) is 3.60. The highest BCUT2D eigenvalue weighted by atomic mass is 127. The van der Waals surface area contributed by atoms with Crippen LogP contribution in [-0.2, 0) is 24.1 Å². The second-order valence-corrected chi connectivity index (χ2v) is 6.23. The molecule has 3 N–H and O–H groups in total. The molecule has 0 atom stereocenters. The Hall–Kier alpha value is -1.89. The van der Waals surface area contributed by atoms with Gasteiger partial charge in [-0.2, -0.15) is 13.2 Å². The molecule has 1 heterocycles. The van der Waals surface area contributed by atoms with Gasteiger partial charge in [0.1, 0.15) is 5.01 Å². The number of benzene rings is 1. The number of nitrogens with zero attached hydrogens (tertiary/aromatic N) is 2. The lowest BCUT2D eigenvalue weighted by molar-refractivity contribution is -0.140. The number of nitrogens with one attached hydrogen (secondary N) is 3. The number of guanidine groups is 1. The molecule has 0 aliphatic carbocycles. The fraction of sp³-hybridized carbons (Fsp3) is 0.312. The van der Waals surface area contributed by atoms with Crippen LogP contribution in [0.5, 0.6) is 0 Å². The molecule has 0 radical (unpaired) electrons. The molecule has 1 amide bonds. The van der Waals surface area contributed by atoms with Crippen LogP contribution in [0.2, 0.25) is 0 Å². The molecule has 2 aromatic rings. The van der Waals surface area contributed by atoms with Gasteiger partial charge in [-0.1, -0.05) is 12.1 Å². The van der Waals surface area contributed by atoms with Crippen LogP contribution in [0.25, 0.3) is 0 Å². The Morgan fingerprint density at radius 2 is 1.96 bits per heavy atom. The van der Waals surface area contributed by atoms with Crippen LogP contribution < -0.4 is 16.0 Å². The van der Waals surface area contributed by atoms with Gasteiger partial charge in [0.15, 0.2) is 11.7 Å². The van der Waals surface area contributed by atoms with E-state index in [0.717, 1.165) is 22.3 Å². The molecule has 11 heteroatoms. The number of amides is 1. The van der Waals surface area contributed by atoms with Crippen LogP contribution in [0.1, 0.15) is 23.2 Å². The van der Waals surface area contributed by atoms with Gasteiger partial charge in [-0.25, -0.2) is 4.98 Å². The number of anilines is 1. The van der Waals surface area contributed by atoms with Crippen molar-refractivity contribution in [3.8, 4) is 0 Å². The fourth-order valence-corrected chi connectivity index (χ4v) is 2.79. The summed E-state index contributed by atoms with van der Waals surface area (Å²) in [6.45, 7) is 1.99. The van der Waals surface area contributed by atoms with E-state index >= 15 is 0 Å². The molecule has 6 nitrogen and oxygen atoms in total. The van der Waals surface area contributed by atoms with Gasteiger partial charge < -0.3 is 16.0 Å². The van der Waals surface area contributed by atoms with E-state index in [-0.39, 0.29) is 36.4 Å². The summed E-state index contributed by atoms with van der Waals surface area (Å²) in [5.74, 6) is 0.271. The number of rotatable bonds is 5. The number of thiazole rings is 1. The number of halogens is 4. The average Bonchev–Trinajstić information content (AvgIpc) is 3.04. The van der Waals surface area contributed by atoms with Crippen molar-refractivity contribution in [3.63, 3.8) is 0 Å². The molecular formula is C16H19F3IN5OS. The highest BCUT2D eigenvalue weighted by Gasteiger charge is 2.33. The van der Waals surface area contributed by atoms with Gasteiger partial charge in [-0.3, -0.25) is 9.79 Å². The molecular weight excluding hydrogens is 494 g/mol. The Morgan fingerprint density at radius 3 is 2.56 bits per heavy atom. The highest BCUT2D eigenvalue weighted by molar-refractivity contribution is 14.0. The van der Waals surface area contributed by atoms with Crippen molar-refractivity contribution in [2.45, 2.75) is 26.2 Å². The van der Waals surface area contributed by atoms with Crippen molar-refractivity contribution < 1.29 is 18.0 Å². The molecule has 0 spiro atoms. The summed E-state index contributed by atoms with van der Waals surface area (Å²) in [6.07, 6.45) is -4.44. The van der Waals surface area contributed by atoms with E-state index in [4.69, 9.17) is 0 Å². The highest BCUT2D eigenvalue weighted by Crippen LogP contribution is 2.29. The van der Waals surface area contributed by atoms with E-state index in [9.17, 15) is 18.0 Å². The maximum absolute atomic E-state index is 12.5. The maximum Gasteiger partial charge on any atom is 0.434 e. The van der Waals surface area contributed by atoms with Crippen molar-refractivity contribution in [2.24, 2.45) is 4.99 Å². The van der Waals surface area contributed by atoms with Crippen molar-refractivity contribution in [1.29, 1.82) is 0 Å². The van der Waals surface area contributed by atoms with E-state index in [0.29, 0.717) is 23.2 Å². The van der Waals surface area contributed by atoms with Gasteiger partial charge in [0.2, 0.25) is 5.91 Å². The van der Waals surface area contributed by atoms with Gasteiger partial charge in [0.25, 0.3) is 0 Å². The summed E-state index contributed by atoms with van der Waals surface area (Å²) in [7, 11) is 1.56. The normalized spacial score (nSPS) is 11.5. The molecule has 0 saturated heterocycles. The molecule has 1 aromatic heterocycles. The SMILES string of the molecule is CN=C(NCc1cccc(NC(C)=O)c1)NCc1nc(C(F)(F)F)cs1.I. The van der Waals surface area contributed by atoms with Gasteiger partial charge in [0, 0.05) is 31.6 Å². The Bertz CT molecular complexity index is 794. The molecule has 0 aliphatic rings. The molecule has 0 bridgehead atoms. The maximum atomic E-state index is 12.5. The Labute approximate surface area is 175 Å². The number of alkyl halides is 3. The zero-order chi connectivity index (χ0) is 19.2. The zero-order valence-electron chi connectivity index (χ0n) is 14.6. The third kappa shape index (κ3) is 7.71. The Kier molecular flexibility index (Phi) is 8.96. The van der Waals surface area contributed by atoms with Crippen LogP contribution >= 0.6 is 35.3 Å².